The minimum Gasteiger partial charge on any atom is -0.309 e. The van der Waals surface area contributed by atoms with Crippen LogP contribution in [0.15, 0.2) is 165 Å². The van der Waals surface area contributed by atoms with E-state index in [4.69, 9.17) is 9.97 Å². The van der Waals surface area contributed by atoms with Crippen molar-refractivity contribution < 1.29 is 0 Å². The van der Waals surface area contributed by atoms with Crippen molar-refractivity contribution in [1.82, 2.24) is 14.5 Å². The van der Waals surface area contributed by atoms with Gasteiger partial charge in [-0.2, -0.15) is 0 Å². The van der Waals surface area contributed by atoms with E-state index in [1.807, 2.05) is 30.3 Å². The van der Waals surface area contributed by atoms with Gasteiger partial charge in [0.2, 0.25) is 0 Å². The molecule has 0 bridgehead atoms. The largest absolute Gasteiger partial charge is 0.309 e. The van der Waals surface area contributed by atoms with E-state index < -0.39 is 0 Å². The van der Waals surface area contributed by atoms with Crippen LogP contribution in [0.1, 0.15) is 5.82 Å². The summed E-state index contributed by atoms with van der Waals surface area (Å²) >= 11 is 0. The van der Waals surface area contributed by atoms with E-state index in [0.29, 0.717) is 5.82 Å². The zero-order valence-electron chi connectivity index (χ0n) is 23.7. The van der Waals surface area contributed by atoms with Gasteiger partial charge in [0, 0.05) is 33.2 Å². The van der Waals surface area contributed by atoms with Gasteiger partial charge in [-0.3, -0.25) is 0 Å². The first-order valence-electron chi connectivity index (χ1n) is 14.3. The normalized spacial score (nSPS) is 11.6. The minimum absolute atomic E-state index is 0.621. The fourth-order valence-corrected chi connectivity index (χ4v) is 5.68. The Morgan fingerprint density at radius 2 is 1.02 bits per heavy atom. The summed E-state index contributed by atoms with van der Waals surface area (Å²) in [4.78, 5) is 9.76. The molecule has 2 aromatic heterocycles. The van der Waals surface area contributed by atoms with Gasteiger partial charge in [0.15, 0.2) is 5.82 Å². The smallest absolute Gasteiger partial charge is 0.160 e. The van der Waals surface area contributed by atoms with Crippen molar-refractivity contribution in [3.05, 3.63) is 171 Å². The van der Waals surface area contributed by atoms with Crippen LogP contribution in [0.3, 0.4) is 0 Å². The maximum absolute atomic E-state index is 4.91. The van der Waals surface area contributed by atoms with E-state index in [9.17, 15) is 0 Å². The van der Waals surface area contributed by atoms with Gasteiger partial charge >= 0.3 is 0 Å². The van der Waals surface area contributed by atoms with Gasteiger partial charge in [0.05, 0.1) is 22.4 Å². The van der Waals surface area contributed by atoms with Gasteiger partial charge in [-0.05, 0) is 41.5 Å². The Balaban J connectivity index is 1.24. The molecule has 5 aromatic carbocycles. The van der Waals surface area contributed by atoms with Crippen molar-refractivity contribution in [3.8, 4) is 39.3 Å². The van der Waals surface area contributed by atoms with Crippen LogP contribution in [-0.2, 0) is 0 Å². The first kappa shape index (κ1) is 26.1. The third kappa shape index (κ3) is 4.87. The Hall–Kier alpha value is -5.80. The molecule has 0 radical (unpaired) electrons. The lowest BCUT2D eigenvalue weighted by atomic mass is 10.0. The summed E-state index contributed by atoms with van der Waals surface area (Å²) in [5, 5.41) is 2.53. The zero-order chi connectivity index (χ0) is 29.2. The van der Waals surface area contributed by atoms with Crippen LogP contribution in [0.5, 0.6) is 0 Å². The summed E-state index contributed by atoms with van der Waals surface area (Å²) in [5.74, 6) is 0.621. The Labute approximate surface area is 251 Å². The highest BCUT2D eigenvalue weighted by molar-refractivity contribution is 6.09. The average Bonchev–Trinajstić information content (AvgIpc) is 3.42. The fourth-order valence-electron chi connectivity index (χ4n) is 5.68. The molecule has 3 nitrogen and oxygen atoms in total. The molecule has 0 amide bonds. The highest BCUT2D eigenvalue weighted by atomic mass is 15.0. The van der Waals surface area contributed by atoms with Crippen molar-refractivity contribution in [2.75, 3.05) is 0 Å². The number of benzene rings is 5. The van der Waals surface area contributed by atoms with E-state index in [1.54, 1.807) is 12.2 Å². The quantitative estimate of drug-likeness (QED) is 0.185. The molecule has 0 saturated heterocycles. The van der Waals surface area contributed by atoms with Crippen LogP contribution in [0, 0.1) is 0 Å². The molecule has 0 spiro atoms. The molecule has 7 rings (SSSR count). The van der Waals surface area contributed by atoms with E-state index in [2.05, 4.69) is 127 Å². The van der Waals surface area contributed by atoms with Crippen LogP contribution >= 0.6 is 0 Å². The molecule has 43 heavy (non-hydrogen) atoms. The maximum atomic E-state index is 4.91. The van der Waals surface area contributed by atoms with Gasteiger partial charge in [0.25, 0.3) is 0 Å². The summed E-state index contributed by atoms with van der Waals surface area (Å²) < 4.78 is 2.34. The Morgan fingerprint density at radius 1 is 0.535 bits per heavy atom. The number of aromatic nitrogens is 3. The van der Waals surface area contributed by atoms with E-state index >= 15 is 0 Å². The average molecular weight is 552 g/mol. The second-order valence-electron chi connectivity index (χ2n) is 10.4. The third-order valence-electron chi connectivity index (χ3n) is 7.79. The molecule has 0 aliphatic rings. The molecule has 7 aromatic rings. The molecule has 204 valence electrons. The molecule has 0 N–H and O–H groups in total. The van der Waals surface area contributed by atoms with Crippen molar-refractivity contribution >= 4 is 27.4 Å². The van der Waals surface area contributed by atoms with Crippen LogP contribution in [0.4, 0.5) is 0 Å². The molecule has 0 fully saturated rings. The summed E-state index contributed by atoms with van der Waals surface area (Å²) in [6.07, 6.45) is 5.38. The predicted molar refractivity (Wildman–Crippen MR) is 181 cm³/mol. The highest BCUT2D eigenvalue weighted by Gasteiger charge is 2.13. The van der Waals surface area contributed by atoms with Crippen molar-refractivity contribution in [1.29, 1.82) is 0 Å². The second kappa shape index (κ2) is 11.2. The number of para-hydroxylation sites is 2. The summed E-state index contributed by atoms with van der Waals surface area (Å²) in [5.41, 5.74) is 10.5. The minimum atomic E-state index is 0.621. The maximum Gasteiger partial charge on any atom is 0.160 e. The number of hydrogen-bond donors (Lipinski definition) is 0. The monoisotopic (exact) mass is 551 g/mol. The van der Waals surface area contributed by atoms with Crippen LogP contribution in [0.25, 0.3) is 66.7 Å². The molecular weight excluding hydrogens is 522 g/mol. The van der Waals surface area contributed by atoms with Crippen molar-refractivity contribution in [2.24, 2.45) is 0 Å². The summed E-state index contributed by atoms with van der Waals surface area (Å²) in [6, 6.07) is 46.8. The predicted octanol–water partition coefficient (Wildman–Crippen LogP) is 10.3. The van der Waals surface area contributed by atoms with Gasteiger partial charge in [-0.1, -0.05) is 135 Å². The van der Waals surface area contributed by atoms with Crippen LogP contribution in [0.2, 0.25) is 0 Å². The first-order valence-corrected chi connectivity index (χ1v) is 14.3. The van der Waals surface area contributed by atoms with Gasteiger partial charge in [-0.25, -0.2) is 9.97 Å². The molecular formula is C40H29N3. The summed E-state index contributed by atoms with van der Waals surface area (Å²) in [6.45, 7) is 7.80. The Bertz CT molecular complexity index is 2080. The molecule has 0 saturated carbocycles. The lowest BCUT2D eigenvalue weighted by Crippen LogP contribution is -1.98. The fraction of sp³-hybridized carbons (Fsp3) is 0. The number of hydrogen-bond acceptors (Lipinski definition) is 2. The van der Waals surface area contributed by atoms with Crippen molar-refractivity contribution in [2.45, 2.75) is 0 Å². The lowest BCUT2D eigenvalue weighted by Gasteiger charge is -2.11. The van der Waals surface area contributed by atoms with E-state index in [-0.39, 0.29) is 0 Å². The number of rotatable bonds is 7. The number of fused-ring (bicyclic) bond motifs is 3. The molecule has 0 unspecified atom stereocenters. The topological polar surface area (TPSA) is 30.7 Å². The SMILES string of the molecule is C=CC=C(C=C)c1nc(-c2ccccc2)cc(-c2ccc(-c3ccc(-n4c5ccccc5c5ccccc54)cc3)cc2)n1. The first-order chi connectivity index (χ1) is 21.2. The third-order valence-corrected chi connectivity index (χ3v) is 7.79. The Kier molecular flexibility index (Phi) is 6.82. The number of nitrogens with zero attached hydrogens (tertiary/aromatic N) is 3. The number of allylic oxidation sites excluding steroid dienone is 4. The zero-order valence-corrected chi connectivity index (χ0v) is 23.7. The standard InChI is InChI=1S/C40H29N3/c1-3-12-28(4-2)40-41-36(31-13-6-5-7-14-31)27-37(42-40)32-21-19-29(20-22-32)30-23-25-33(26-24-30)43-38-17-10-8-15-34(38)35-16-9-11-18-39(35)43/h3-27H,1-2H2. The highest BCUT2D eigenvalue weighted by Crippen LogP contribution is 2.33. The molecule has 0 atom stereocenters. The van der Waals surface area contributed by atoms with Gasteiger partial charge in [0.1, 0.15) is 0 Å². The van der Waals surface area contributed by atoms with Gasteiger partial charge < -0.3 is 4.57 Å². The van der Waals surface area contributed by atoms with E-state index in [0.717, 1.165) is 44.9 Å². The lowest BCUT2D eigenvalue weighted by molar-refractivity contribution is 1.13. The summed E-state index contributed by atoms with van der Waals surface area (Å²) in [7, 11) is 0. The van der Waals surface area contributed by atoms with Crippen LogP contribution in [-0.4, -0.2) is 14.5 Å². The van der Waals surface area contributed by atoms with Crippen LogP contribution < -0.4 is 0 Å². The second-order valence-corrected chi connectivity index (χ2v) is 10.4. The molecule has 0 aliphatic carbocycles. The molecule has 3 heteroatoms. The van der Waals surface area contributed by atoms with Crippen molar-refractivity contribution in [3.63, 3.8) is 0 Å². The molecule has 0 aliphatic heterocycles. The van der Waals surface area contributed by atoms with E-state index in [1.165, 1.54) is 21.8 Å². The Morgan fingerprint density at radius 3 is 1.58 bits per heavy atom. The molecule has 2 heterocycles. The van der Waals surface area contributed by atoms with Gasteiger partial charge in [-0.15, -0.1) is 0 Å².